The van der Waals surface area contributed by atoms with E-state index >= 15 is 0 Å². The minimum Gasteiger partial charge on any atom is -0.494 e. The van der Waals surface area contributed by atoms with Crippen molar-refractivity contribution in [2.24, 2.45) is 0 Å². The Kier molecular flexibility index (Phi) is 5.21. The second-order valence-corrected chi connectivity index (χ2v) is 5.68. The summed E-state index contributed by atoms with van der Waals surface area (Å²) in [6.45, 7) is 3.62. The van der Waals surface area contributed by atoms with Gasteiger partial charge in [0.05, 0.1) is 6.61 Å². The number of hydrogen-bond donors (Lipinski definition) is 1. The maximum absolute atomic E-state index is 12.0. The zero-order chi connectivity index (χ0) is 16.8. The third-order valence-corrected chi connectivity index (χ3v) is 3.63. The van der Waals surface area contributed by atoms with E-state index in [-0.39, 0.29) is 5.91 Å². The molecule has 0 aliphatic carbocycles. The molecule has 3 rings (SSSR count). The van der Waals surface area contributed by atoms with Gasteiger partial charge in [-0.3, -0.25) is 4.79 Å². The van der Waals surface area contributed by atoms with Crippen molar-refractivity contribution in [3.63, 3.8) is 0 Å². The van der Waals surface area contributed by atoms with Crippen molar-refractivity contribution in [2.45, 2.75) is 19.8 Å². The summed E-state index contributed by atoms with van der Waals surface area (Å²) in [4.78, 5) is 12.0. The second kappa shape index (κ2) is 7.73. The molecule has 0 fully saturated rings. The van der Waals surface area contributed by atoms with Crippen molar-refractivity contribution >= 4 is 11.6 Å². The topological polar surface area (TPSA) is 56.8 Å². The van der Waals surface area contributed by atoms with Crippen molar-refractivity contribution in [1.82, 2.24) is 0 Å². The lowest BCUT2D eigenvalue weighted by Gasteiger charge is -2.19. The molecule has 0 saturated carbocycles. The van der Waals surface area contributed by atoms with Gasteiger partial charge >= 0.3 is 0 Å². The van der Waals surface area contributed by atoms with E-state index in [2.05, 4.69) is 5.32 Å². The highest BCUT2D eigenvalue weighted by Crippen LogP contribution is 2.32. The van der Waals surface area contributed by atoms with Crippen molar-refractivity contribution < 1.29 is 19.0 Å². The minimum atomic E-state index is -0.0421. The number of hydrogen-bond acceptors (Lipinski definition) is 4. The van der Waals surface area contributed by atoms with Gasteiger partial charge in [-0.15, -0.1) is 0 Å². The average Bonchev–Trinajstić information content (AvgIpc) is 2.59. The number of nitrogens with one attached hydrogen (secondary N) is 1. The van der Waals surface area contributed by atoms with Crippen LogP contribution in [0.15, 0.2) is 42.5 Å². The second-order valence-electron chi connectivity index (χ2n) is 5.68. The maximum Gasteiger partial charge on any atom is 0.224 e. The molecule has 5 heteroatoms. The van der Waals surface area contributed by atoms with Gasteiger partial charge in [0.1, 0.15) is 19.0 Å². The van der Waals surface area contributed by atoms with Gasteiger partial charge < -0.3 is 19.5 Å². The highest BCUT2D eigenvalue weighted by atomic mass is 16.6. The fourth-order valence-corrected chi connectivity index (χ4v) is 2.47. The van der Waals surface area contributed by atoms with Gasteiger partial charge in [0.25, 0.3) is 0 Å². The van der Waals surface area contributed by atoms with Gasteiger partial charge in [0.2, 0.25) is 5.91 Å². The smallest absolute Gasteiger partial charge is 0.224 e. The third kappa shape index (κ3) is 4.41. The molecule has 0 unspecified atom stereocenters. The lowest BCUT2D eigenvalue weighted by Crippen LogP contribution is -2.16. The Labute approximate surface area is 141 Å². The molecule has 0 atom stereocenters. The molecular formula is C19H21NO4. The Morgan fingerprint density at radius 1 is 1.12 bits per heavy atom. The van der Waals surface area contributed by atoms with Crippen LogP contribution in [0.1, 0.15) is 18.4 Å². The number of rotatable bonds is 6. The van der Waals surface area contributed by atoms with Crippen molar-refractivity contribution in [1.29, 1.82) is 0 Å². The third-order valence-electron chi connectivity index (χ3n) is 3.63. The fraction of sp³-hybridized carbons (Fsp3) is 0.316. The van der Waals surface area contributed by atoms with E-state index in [9.17, 15) is 4.79 Å². The van der Waals surface area contributed by atoms with Crippen molar-refractivity contribution in [2.75, 3.05) is 25.1 Å². The van der Waals surface area contributed by atoms with Crippen LogP contribution in [0.3, 0.4) is 0 Å². The summed E-state index contributed by atoms with van der Waals surface area (Å²) in [7, 11) is 0. The standard InChI is InChI=1S/C19H21NO4/c1-14-4-2-5-16(12-14)22-9-3-6-19(21)20-15-7-8-17-18(13-15)24-11-10-23-17/h2,4-5,7-8,12-13H,3,6,9-11H2,1H3,(H,20,21). The number of carbonyl (C=O) groups excluding carboxylic acids is 1. The van der Waals surface area contributed by atoms with Crippen LogP contribution in [-0.4, -0.2) is 25.7 Å². The molecule has 0 radical (unpaired) electrons. The van der Waals surface area contributed by atoms with Crippen LogP contribution in [0.2, 0.25) is 0 Å². The van der Waals surface area contributed by atoms with E-state index in [4.69, 9.17) is 14.2 Å². The van der Waals surface area contributed by atoms with Gasteiger partial charge in [-0.1, -0.05) is 12.1 Å². The van der Waals surface area contributed by atoms with Crippen LogP contribution in [0.4, 0.5) is 5.69 Å². The molecule has 1 heterocycles. The summed E-state index contributed by atoms with van der Waals surface area (Å²) in [6.07, 6.45) is 1.06. The summed E-state index contributed by atoms with van der Waals surface area (Å²) in [5, 5.41) is 2.87. The first-order valence-corrected chi connectivity index (χ1v) is 8.10. The Bertz CT molecular complexity index is 714. The van der Waals surface area contributed by atoms with Crippen LogP contribution < -0.4 is 19.5 Å². The Morgan fingerprint density at radius 3 is 2.79 bits per heavy atom. The molecule has 1 N–H and O–H groups in total. The number of aryl methyl sites for hydroxylation is 1. The molecule has 2 aromatic rings. The molecule has 1 amide bonds. The molecule has 1 aliphatic rings. The summed E-state index contributed by atoms with van der Waals surface area (Å²) in [5.41, 5.74) is 1.87. The summed E-state index contributed by atoms with van der Waals surface area (Å²) >= 11 is 0. The highest BCUT2D eigenvalue weighted by molar-refractivity contribution is 5.91. The van der Waals surface area contributed by atoms with Crippen LogP contribution in [0.25, 0.3) is 0 Å². The fourth-order valence-electron chi connectivity index (χ4n) is 2.47. The predicted octanol–water partition coefficient (Wildman–Crippen LogP) is 3.56. The summed E-state index contributed by atoms with van der Waals surface area (Å²) < 4.78 is 16.6. The quantitative estimate of drug-likeness (QED) is 0.824. The number of anilines is 1. The molecule has 0 spiro atoms. The Balaban J connectivity index is 1.42. The molecule has 5 nitrogen and oxygen atoms in total. The molecule has 0 saturated heterocycles. The normalized spacial score (nSPS) is 12.5. The lowest BCUT2D eigenvalue weighted by atomic mass is 10.2. The van der Waals surface area contributed by atoms with E-state index in [1.807, 2.05) is 43.3 Å². The summed E-state index contributed by atoms with van der Waals surface area (Å²) in [5.74, 6) is 2.18. The zero-order valence-corrected chi connectivity index (χ0v) is 13.7. The minimum absolute atomic E-state index is 0.0421. The van der Waals surface area contributed by atoms with Gasteiger partial charge in [0.15, 0.2) is 11.5 Å². The van der Waals surface area contributed by atoms with E-state index < -0.39 is 0 Å². The molecule has 0 bridgehead atoms. The number of benzene rings is 2. The molecule has 24 heavy (non-hydrogen) atoms. The Hall–Kier alpha value is -2.69. The first-order valence-electron chi connectivity index (χ1n) is 8.10. The predicted molar refractivity (Wildman–Crippen MR) is 92.0 cm³/mol. The van der Waals surface area contributed by atoms with Gasteiger partial charge in [-0.05, 0) is 43.2 Å². The first-order chi connectivity index (χ1) is 11.7. The zero-order valence-electron chi connectivity index (χ0n) is 13.7. The van der Waals surface area contributed by atoms with E-state index in [1.54, 1.807) is 6.07 Å². The van der Waals surface area contributed by atoms with Gasteiger partial charge in [-0.2, -0.15) is 0 Å². The Morgan fingerprint density at radius 2 is 1.96 bits per heavy atom. The molecule has 1 aliphatic heterocycles. The highest BCUT2D eigenvalue weighted by Gasteiger charge is 2.12. The lowest BCUT2D eigenvalue weighted by molar-refractivity contribution is -0.116. The van der Waals surface area contributed by atoms with Crippen molar-refractivity contribution in [3.8, 4) is 17.2 Å². The average molecular weight is 327 g/mol. The summed E-state index contributed by atoms with van der Waals surface area (Å²) in [6, 6.07) is 13.3. The monoisotopic (exact) mass is 327 g/mol. The number of carbonyl (C=O) groups is 1. The van der Waals surface area contributed by atoms with E-state index in [1.165, 1.54) is 0 Å². The van der Waals surface area contributed by atoms with Crippen LogP contribution in [-0.2, 0) is 4.79 Å². The molecular weight excluding hydrogens is 306 g/mol. The van der Waals surface area contributed by atoms with Crippen molar-refractivity contribution in [3.05, 3.63) is 48.0 Å². The number of amides is 1. The maximum atomic E-state index is 12.0. The number of ether oxygens (including phenoxy) is 3. The van der Waals surface area contributed by atoms with Crippen LogP contribution >= 0.6 is 0 Å². The largest absolute Gasteiger partial charge is 0.494 e. The van der Waals surface area contributed by atoms with E-state index in [0.717, 1.165) is 11.3 Å². The first kappa shape index (κ1) is 16.2. The molecule has 126 valence electrons. The SMILES string of the molecule is Cc1cccc(OCCCC(=O)Nc2ccc3c(c2)OCCO3)c1. The number of fused-ring (bicyclic) bond motifs is 1. The van der Waals surface area contributed by atoms with Gasteiger partial charge in [-0.25, -0.2) is 0 Å². The molecule has 2 aromatic carbocycles. The van der Waals surface area contributed by atoms with Crippen LogP contribution in [0, 0.1) is 6.92 Å². The molecule has 0 aromatic heterocycles. The van der Waals surface area contributed by atoms with E-state index in [0.29, 0.717) is 49.8 Å². The van der Waals surface area contributed by atoms with Crippen LogP contribution in [0.5, 0.6) is 17.2 Å². The van der Waals surface area contributed by atoms with Gasteiger partial charge in [0, 0.05) is 18.2 Å².